The third-order valence-electron chi connectivity index (χ3n) is 4.37. The summed E-state index contributed by atoms with van der Waals surface area (Å²) in [6.07, 6.45) is 4.66. The molecule has 1 aromatic rings. The van der Waals surface area contributed by atoms with E-state index < -0.39 is 0 Å². The van der Waals surface area contributed by atoms with Gasteiger partial charge in [-0.05, 0) is 25.1 Å². The van der Waals surface area contributed by atoms with Gasteiger partial charge in [0.2, 0.25) is 4.77 Å². The quantitative estimate of drug-likeness (QED) is 0.631. The van der Waals surface area contributed by atoms with Gasteiger partial charge in [-0.2, -0.15) is 9.78 Å². The maximum Gasteiger partial charge on any atom is 0.324 e. The summed E-state index contributed by atoms with van der Waals surface area (Å²) in [4.78, 5) is 13.1. The molecular weight excluding hydrogens is 320 g/mol. The van der Waals surface area contributed by atoms with Gasteiger partial charge in [-0.25, -0.2) is 0 Å². The number of nitrogens with one attached hydrogen (secondary N) is 1. The lowest BCUT2D eigenvalue weighted by Crippen LogP contribution is -3.14. The fourth-order valence-corrected chi connectivity index (χ4v) is 4.71. The van der Waals surface area contributed by atoms with E-state index in [1.54, 1.807) is 11.8 Å². The lowest BCUT2D eigenvalue weighted by atomic mass is 10.2. The van der Waals surface area contributed by atoms with Crippen LogP contribution in [0.25, 0.3) is 0 Å². The predicted octanol–water partition coefficient (Wildman–Crippen LogP) is 0.271. The highest BCUT2D eigenvalue weighted by atomic mass is 32.2. The van der Waals surface area contributed by atoms with Crippen molar-refractivity contribution in [2.45, 2.75) is 44.1 Å². The van der Waals surface area contributed by atoms with Gasteiger partial charge in [0.15, 0.2) is 11.9 Å². The van der Waals surface area contributed by atoms with Crippen LogP contribution in [0.3, 0.4) is 0 Å². The van der Waals surface area contributed by atoms with Gasteiger partial charge in [-0.1, -0.05) is 6.42 Å². The summed E-state index contributed by atoms with van der Waals surface area (Å²) in [7, 11) is 1.46. The highest BCUT2D eigenvalue weighted by molar-refractivity contribution is 8.00. The third kappa shape index (κ3) is 3.38. The van der Waals surface area contributed by atoms with Gasteiger partial charge in [-0.15, -0.1) is 11.8 Å². The molecule has 1 saturated heterocycles. The third-order valence-corrected chi connectivity index (χ3v) is 6.00. The van der Waals surface area contributed by atoms with Gasteiger partial charge in [0.1, 0.15) is 12.4 Å². The number of hydrogen-bond donors (Lipinski definition) is 1. The number of aryl methyl sites for hydroxylation is 1. The van der Waals surface area contributed by atoms with Crippen molar-refractivity contribution in [2.24, 2.45) is 0 Å². The molecule has 1 fully saturated rings. The second-order valence-electron chi connectivity index (χ2n) is 5.91. The topological polar surface area (TPSA) is 53.5 Å². The lowest BCUT2D eigenvalue weighted by Gasteiger charge is -2.27. The van der Waals surface area contributed by atoms with Gasteiger partial charge in [-0.3, -0.25) is 4.79 Å². The van der Waals surface area contributed by atoms with Crippen LogP contribution in [0.2, 0.25) is 0 Å². The Morgan fingerprint density at radius 1 is 1.50 bits per heavy atom. The average Bonchev–Trinajstić information content (AvgIpc) is 2.71. The van der Waals surface area contributed by atoms with Crippen LogP contribution in [-0.4, -0.2) is 51.5 Å². The fraction of sp³-hybridized carbons (Fsp3) is 0.786. The number of quaternary nitrogens is 1. The van der Waals surface area contributed by atoms with Crippen LogP contribution in [0.5, 0.6) is 0 Å². The first-order valence-corrected chi connectivity index (χ1v) is 9.34. The molecule has 0 spiro atoms. The molecule has 1 aromatic heterocycles. The van der Waals surface area contributed by atoms with Crippen molar-refractivity contribution in [1.29, 1.82) is 0 Å². The Bertz CT molecular complexity index is 598. The summed E-state index contributed by atoms with van der Waals surface area (Å²) < 4.78 is 9.85. The average molecular weight is 343 g/mol. The molecule has 0 radical (unpaired) electrons. The Labute approximate surface area is 139 Å². The van der Waals surface area contributed by atoms with E-state index in [0.717, 1.165) is 49.1 Å². The van der Waals surface area contributed by atoms with Crippen molar-refractivity contribution in [3.63, 3.8) is 0 Å². The molecule has 1 N–H and O–H groups in total. The minimum atomic E-state index is -0.119. The Morgan fingerprint density at radius 3 is 3.18 bits per heavy atom. The molecule has 2 atom stereocenters. The van der Waals surface area contributed by atoms with Gasteiger partial charge < -0.3 is 14.2 Å². The molecule has 0 aromatic carbocycles. The van der Waals surface area contributed by atoms with Crippen LogP contribution in [0, 0.1) is 4.77 Å². The summed E-state index contributed by atoms with van der Waals surface area (Å²) in [6, 6.07) is 0. The molecule has 3 heterocycles. The largest absolute Gasteiger partial charge is 0.468 e. The van der Waals surface area contributed by atoms with Gasteiger partial charge in [0.05, 0.1) is 13.7 Å². The molecule has 2 aliphatic rings. The summed E-state index contributed by atoms with van der Waals surface area (Å²) in [5, 5.41) is 4.66. The molecule has 0 saturated carbocycles. The maximum atomic E-state index is 11.7. The molecule has 0 aliphatic carbocycles. The molecule has 2 aliphatic heterocycles. The van der Waals surface area contributed by atoms with Crippen molar-refractivity contribution in [3.8, 4) is 0 Å². The minimum absolute atomic E-state index is 0.0663. The van der Waals surface area contributed by atoms with E-state index in [4.69, 9.17) is 22.1 Å². The molecule has 6 nitrogen and oxygen atoms in total. The van der Waals surface area contributed by atoms with Crippen LogP contribution in [0.1, 0.15) is 25.1 Å². The monoisotopic (exact) mass is 343 g/mol. The molecule has 8 heteroatoms. The first kappa shape index (κ1) is 16.0. The number of aromatic nitrogens is 3. The zero-order valence-corrected chi connectivity index (χ0v) is 14.5. The number of carbonyl (C=O) groups excluding carboxylic acids is 1. The highest BCUT2D eigenvalue weighted by Crippen LogP contribution is 2.14. The van der Waals surface area contributed by atoms with Crippen molar-refractivity contribution in [3.05, 3.63) is 10.6 Å². The number of hydrogen-bond acceptors (Lipinski definition) is 5. The predicted molar refractivity (Wildman–Crippen MR) is 87.6 cm³/mol. The smallest absolute Gasteiger partial charge is 0.324 e. The summed E-state index contributed by atoms with van der Waals surface area (Å²) in [5.74, 6) is 1.97. The van der Waals surface area contributed by atoms with E-state index in [1.807, 2.05) is 4.68 Å². The summed E-state index contributed by atoms with van der Waals surface area (Å²) >= 11 is 7.29. The van der Waals surface area contributed by atoms with Crippen LogP contribution >= 0.6 is 24.0 Å². The second kappa shape index (κ2) is 7.14. The summed E-state index contributed by atoms with van der Waals surface area (Å²) in [6.45, 7) is 3.54. The first-order chi connectivity index (χ1) is 10.7. The van der Waals surface area contributed by atoms with Crippen molar-refractivity contribution < 1.29 is 14.4 Å². The second-order valence-corrected chi connectivity index (χ2v) is 7.58. The Morgan fingerprint density at radius 2 is 2.36 bits per heavy atom. The number of thioether (sulfide) groups is 1. The molecule has 22 heavy (non-hydrogen) atoms. The fourth-order valence-electron chi connectivity index (χ4n) is 3.14. The van der Waals surface area contributed by atoms with E-state index in [9.17, 15) is 4.79 Å². The van der Waals surface area contributed by atoms with E-state index in [0.29, 0.717) is 0 Å². The van der Waals surface area contributed by atoms with E-state index in [1.165, 1.54) is 31.3 Å². The number of fused-ring (bicyclic) bond motifs is 1. The Hall–Kier alpha value is -0.860. The highest BCUT2D eigenvalue weighted by Gasteiger charge is 2.30. The number of methoxy groups -OCH3 is 1. The Balaban J connectivity index is 1.71. The van der Waals surface area contributed by atoms with Crippen molar-refractivity contribution in [1.82, 2.24) is 14.3 Å². The molecule has 0 amide bonds. The Kier molecular flexibility index (Phi) is 5.20. The lowest BCUT2D eigenvalue weighted by molar-refractivity contribution is -0.921. The molecule has 122 valence electrons. The van der Waals surface area contributed by atoms with Crippen LogP contribution in [0.15, 0.2) is 0 Å². The number of ether oxygens (including phenoxy) is 1. The van der Waals surface area contributed by atoms with E-state index in [2.05, 4.69) is 4.57 Å². The zero-order chi connectivity index (χ0) is 15.5. The number of carbonyl (C=O) groups is 1. The van der Waals surface area contributed by atoms with E-state index >= 15 is 0 Å². The van der Waals surface area contributed by atoms with Crippen LogP contribution in [0.4, 0.5) is 0 Å². The molecule has 0 bridgehead atoms. The molecule has 1 unspecified atom stereocenters. The molecule has 3 rings (SSSR count). The van der Waals surface area contributed by atoms with Crippen molar-refractivity contribution >= 4 is 29.9 Å². The summed E-state index contributed by atoms with van der Waals surface area (Å²) in [5.41, 5.74) is 0. The van der Waals surface area contributed by atoms with Gasteiger partial charge >= 0.3 is 5.97 Å². The SMILES string of the molecule is COC(=O)[C@H]1C[NH+](Cn2nc3n(c2=S)CCCCC3)CCS1. The number of nitrogens with zero attached hydrogens (tertiary/aromatic N) is 3. The first-order valence-electron chi connectivity index (χ1n) is 7.88. The standard InChI is InChI=1S/C14H22N4O2S2/c1-20-13(19)11-9-16(7-8-22-11)10-18-14(21)17-6-4-2-3-5-12(17)15-18/h11H,2-10H2,1H3/p+1/t11-/m1/s1. The van der Waals surface area contributed by atoms with Gasteiger partial charge in [0, 0.05) is 18.7 Å². The minimum Gasteiger partial charge on any atom is -0.468 e. The number of rotatable bonds is 3. The van der Waals surface area contributed by atoms with Crippen LogP contribution < -0.4 is 4.90 Å². The van der Waals surface area contributed by atoms with Gasteiger partial charge in [0.25, 0.3) is 0 Å². The molecular formula is C14H23N4O2S2+. The van der Waals surface area contributed by atoms with Crippen LogP contribution in [-0.2, 0) is 29.2 Å². The maximum absolute atomic E-state index is 11.7. The van der Waals surface area contributed by atoms with E-state index in [-0.39, 0.29) is 11.2 Å². The zero-order valence-electron chi connectivity index (χ0n) is 12.9. The number of esters is 1. The normalized spacial score (nSPS) is 25.3. The van der Waals surface area contributed by atoms with Crippen molar-refractivity contribution in [2.75, 3.05) is 26.0 Å².